The minimum absolute atomic E-state index is 0.0927. The Kier molecular flexibility index (Phi) is 4.68. The lowest BCUT2D eigenvalue weighted by atomic mass is 9.85. The van der Waals surface area contributed by atoms with Gasteiger partial charge in [-0.25, -0.2) is 0 Å². The van der Waals surface area contributed by atoms with E-state index < -0.39 is 30.3 Å². The van der Waals surface area contributed by atoms with Crippen LogP contribution in [-0.4, -0.2) is 25.4 Å². The Hall–Kier alpha value is -1.40. The highest BCUT2D eigenvalue weighted by Crippen LogP contribution is 2.40. The van der Waals surface area contributed by atoms with Crippen LogP contribution in [-0.2, 0) is 14.3 Å². The summed E-state index contributed by atoms with van der Waals surface area (Å²) < 4.78 is 48.8. The van der Waals surface area contributed by atoms with Gasteiger partial charge in [-0.1, -0.05) is 29.8 Å². The molecular weight excluding hydrogens is 285 g/mol. The Morgan fingerprint density at radius 2 is 1.86 bits per heavy atom. The van der Waals surface area contributed by atoms with Gasteiger partial charge in [0.05, 0.1) is 12.0 Å². The van der Waals surface area contributed by atoms with Crippen LogP contribution in [0.1, 0.15) is 30.1 Å². The Balaban J connectivity index is 2.29. The molecule has 1 aromatic carbocycles. The maximum Gasteiger partial charge on any atom is 0.450 e. The number of hydrogen-bond acceptors (Lipinski definition) is 3. The topological polar surface area (TPSA) is 35.5 Å². The summed E-state index contributed by atoms with van der Waals surface area (Å²) in [5.74, 6) is -2.96. The fourth-order valence-corrected chi connectivity index (χ4v) is 2.51. The van der Waals surface area contributed by atoms with Gasteiger partial charge >= 0.3 is 6.18 Å². The van der Waals surface area contributed by atoms with Gasteiger partial charge in [-0.3, -0.25) is 4.79 Å². The van der Waals surface area contributed by atoms with Crippen LogP contribution in [0, 0.1) is 12.8 Å². The molecule has 1 fully saturated rings. The second kappa shape index (κ2) is 6.15. The average molecular weight is 302 g/mol. The minimum Gasteiger partial charge on any atom is -0.356 e. The van der Waals surface area contributed by atoms with E-state index in [4.69, 9.17) is 9.47 Å². The van der Waals surface area contributed by atoms with Gasteiger partial charge in [0, 0.05) is 7.11 Å². The molecule has 1 aliphatic rings. The van der Waals surface area contributed by atoms with Crippen LogP contribution in [0.5, 0.6) is 0 Å². The Bertz CT molecular complexity index is 496. The zero-order valence-electron chi connectivity index (χ0n) is 11.8. The summed E-state index contributed by atoms with van der Waals surface area (Å²) in [5, 5.41) is 0. The number of benzene rings is 1. The third kappa shape index (κ3) is 3.63. The number of hydrogen-bond donors (Lipinski definition) is 0. The number of rotatable bonds is 3. The molecule has 0 saturated carbocycles. The molecule has 1 aromatic rings. The minimum atomic E-state index is -4.85. The molecule has 3 atom stereocenters. The average Bonchev–Trinajstić information content (AvgIpc) is 2.45. The normalized spacial score (nSPS) is 26.6. The summed E-state index contributed by atoms with van der Waals surface area (Å²) in [5.41, 5.74) is 1.54. The largest absolute Gasteiger partial charge is 0.450 e. The van der Waals surface area contributed by atoms with Crippen LogP contribution in [0.15, 0.2) is 24.3 Å². The second-order valence-electron chi connectivity index (χ2n) is 5.18. The van der Waals surface area contributed by atoms with E-state index in [1.807, 2.05) is 6.92 Å². The van der Waals surface area contributed by atoms with Crippen LogP contribution in [0.4, 0.5) is 13.2 Å². The van der Waals surface area contributed by atoms with Crippen molar-refractivity contribution in [1.29, 1.82) is 0 Å². The Morgan fingerprint density at radius 3 is 2.38 bits per heavy atom. The molecule has 0 radical (unpaired) electrons. The fourth-order valence-electron chi connectivity index (χ4n) is 2.51. The van der Waals surface area contributed by atoms with E-state index in [0.29, 0.717) is 5.56 Å². The van der Waals surface area contributed by atoms with Crippen molar-refractivity contribution < 1.29 is 27.4 Å². The summed E-state index contributed by atoms with van der Waals surface area (Å²) >= 11 is 0. The first-order valence-electron chi connectivity index (χ1n) is 6.68. The highest BCUT2D eigenvalue weighted by molar-refractivity contribution is 5.87. The van der Waals surface area contributed by atoms with E-state index in [2.05, 4.69) is 0 Å². The van der Waals surface area contributed by atoms with Crippen molar-refractivity contribution in [2.24, 2.45) is 5.92 Å². The first-order chi connectivity index (χ1) is 9.82. The molecule has 0 unspecified atom stereocenters. The molecule has 1 aliphatic heterocycles. The molecule has 0 aromatic heterocycles. The van der Waals surface area contributed by atoms with Crippen molar-refractivity contribution >= 4 is 5.78 Å². The van der Waals surface area contributed by atoms with Crippen LogP contribution < -0.4 is 0 Å². The predicted molar refractivity (Wildman–Crippen MR) is 69.6 cm³/mol. The number of carbonyl (C=O) groups excluding carboxylic acids is 1. The lowest BCUT2D eigenvalue weighted by Gasteiger charge is -2.35. The number of ether oxygens (including phenoxy) is 2. The second-order valence-corrected chi connectivity index (χ2v) is 5.18. The molecule has 0 bridgehead atoms. The van der Waals surface area contributed by atoms with Crippen LogP contribution >= 0.6 is 0 Å². The smallest absolute Gasteiger partial charge is 0.356 e. The van der Waals surface area contributed by atoms with Gasteiger partial charge in [0.15, 0.2) is 6.29 Å². The molecule has 0 amide bonds. The van der Waals surface area contributed by atoms with Crippen molar-refractivity contribution in [3.63, 3.8) is 0 Å². The SMILES string of the molecule is CO[C@H]1CC[C@H](C(=O)C(F)(F)F)[C@H](c2ccc(C)cc2)O1. The molecule has 0 aliphatic carbocycles. The molecule has 1 heterocycles. The van der Waals surface area contributed by atoms with Crippen molar-refractivity contribution in [2.45, 2.75) is 38.3 Å². The van der Waals surface area contributed by atoms with Gasteiger partial charge in [-0.15, -0.1) is 0 Å². The maximum absolute atomic E-state index is 12.7. The maximum atomic E-state index is 12.7. The van der Waals surface area contributed by atoms with Gasteiger partial charge < -0.3 is 9.47 Å². The van der Waals surface area contributed by atoms with E-state index in [1.165, 1.54) is 7.11 Å². The number of alkyl halides is 3. The summed E-state index contributed by atoms with van der Waals surface area (Å²) in [7, 11) is 1.43. The molecule has 0 spiro atoms. The van der Waals surface area contributed by atoms with Crippen LogP contribution in [0.2, 0.25) is 0 Å². The summed E-state index contributed by atoms with van der Waals surface area (Å²) in [6, 6.07) is 6.94. The lowest BCUT2D eigenvalue weighted by Crippen LogP contribution is -2.40. The first kappa shape index (κ1) is 16.0. The number of aryl methyl sites for hydroxylation is 1. The fraction of sp³-hybridized carbons (Fsp3) is 0.533. The molecule has 0 N–H and O–H groups in total. The quantitative estimate of drug-likeness (QED) is 0.856. The van der Waals surface area contributed by atoms with E-state index in [-0.39, 0.29) is 12.8 Å². The zero-order valence-corrected chi connectivity index (χ0v) is 11.8. The van der Waals surface area contributed by atoms with Crippen molar-refractivity contribution in [2.75, 3.05) is 7.11 Å². The lowest BCUT2D eigenvalue weighted by molar-refractivity contribution is -0.216. The zero-order chi connectivity index (χ0) is 15.6. The highest BCUT2D eigenvalue weighted by atomic mass is 19.4. The summed E-state index contributed by atoms with van der Waals surface area (Å²) in [6.45, 7) is 1.88. The van der Waals surface area contributed by atoms with Gasteiger partial charge in [0.2, 0.25) is 5.78 Å². The Labute approximate surface area is 121 Å². The summed E-state index contributed by atoms with van der Waals surface area (Å²) in [6.07, 6.45) is -6.01. The molecule has 116 valence electrons. The number of ketones is 1. The van der Waals surface area contributed by atoms with Crippen LogP contribution in [0.25, 0.3) is 0 Å². The van der Waals surface area contributed by atoms with Crippen LogP contribution in [0.3, 0.4) is 0 Å². The standard InChI is InChI=1S/C15H17F3O3/c1-9-3-5-10(6-4-9)13-11(14(19)15(16,17)18)7-8-12(20-2)21-13/h3-6,11-13H,7-8H2,1-2H3/t11-,12+,13-/m0/s1. The van der Waals surface area contributed by atoms with E-state index in [9.17, 15) is 18.0 Å². The number of methoxy groups -OCH3 is 1. The number of Topliss-reactive ketones (excluding diaryl/α,β-unsaturated/α-hetero) is 1. The van der Waals surface area contributed by atoms with Gasteiger partial charge in [0.1, 0.15) is 0 Å². The van der Waals surface area contributed by atoms with E-state index >= 15 is 0 Å². The number of carbonyl (C=O) groups is 1. The third-order valence-electron chi connectivity index (χ3n) is 3.66. The summed E-state index contributed by atoms with van der Waals surface area (Å²) in [4.78, 5) is 11.6. The first-order valence-corrected chi connectivity index (χ1v) is 6.68. The van der Waals surface area contributed by atoms with Crippen molar-refractivity contribution in [3.8, 4) is 0 Å². The molecular formula is C15H17F3O3. The molecule has 3 nitrogen and oxygen atoms in total. The van der Waals surface area contributed by atoms with Crippen molar-refractivity contribution in [3.05, 3.63) is 35.4 Å². The van der Waals surface area contributed by atoms with Gasteiger partial charge in [-0.2, -0.15) is 13.2 Å². The van der Waals surface area contributed by atoms with E-state index in [0.717, 1.165) is 5.56 Å². The number of halogens is 3. The molecule has 1 saturated heterocycles. The van der Waals surface area contributed by atoms with Crippen molar-refractivity contribution in [1.82, 2.24) is 0 Å². The predicted octanol–water partition coefficient (Wildman–Crippen LogP) is 3.57. The molecule has 21 heavy (non-hydrogen) atoms. The highest BCUT2D eigenvalue weighted by Gasteiger charge is 2.48. The van der Waals surface area contributed by atoms with Gasteiger partial charge in [0.25, 0.3) is 0 Å². The van der Waals surface area contributed by atoms with E-state index in [1.54, 1.807) is 24.3 Å². The van der Waals surface area contributed by atoms with Gasteiger partial charge in [-0.05, 0) is 25.3 Å². The molecule has 6 heteroatoms. The Morgan fingerprint density at radius 1 is 1.24 bits per heavy atom. The molecule has 2 rings (SSSR count). The third-order valence-corrected chi connectivity index (χ3v) is 3.66. The monoisotopic (exact) mass is 302 g/mol.